The Bertz CT molecular complexity index is 336. The maximum absolute atomic E-state index is 7.07. The van der Waals surface area contributed by atoms with Gasteiger partial charge in [-0.1, -0.05) is 26.0 Å². The molecule has 0 aliphatic heterocycles. The van der Waals surface area contributed by atoms with E-state index < -0.39 is 0 Å². The van der Waals surface area contributed by atoms with E-state index in [1.54, 1.807) is 7.11 Å². The number of ether oxygens (including phenoxy) is 1. The number of hydrogen-bond acceptors (Lipinski definition) is 1. The Balaban J connectivity index is 3.29. The Hall–Kier alpha value is -1.49. The standard InChI is InChI=1S/C11H13NO/c1-8(2)9-6-5-7-10(13-4)11(9)12-3/h5-8H,1-2,4H3. The highest BCUT2D eigenvalue weighted by Gasteiger charge is 2.10. The van der Waals surface area contributed by atoms with Gasteiger partial charge in [0.1, 0.15) is 5.75 Å². The van der Waals surface area contributed by atoms with Crippen LogP contribution in [0.3, 0.4) is 0 Å². The zero-order chi connectivity index (χ0) is 9.84. The van der Waals surface area contributed by atoms with Gasteiger partial charge in [0, 0.05) is 0 Å². The molecule has 0 amide bonds. The molecule has 2 heteroatoms. The van der Waals surface area contributed by atoms with E-state index in [1.807, 2.05) is 18.2 Å². The third kappa shape index (κ3) is 1.81. The minimum atomic E-state index is 0.360. The monoisotopic (exact) mass is 175 g/mol. The molecule has 0 spiro atoms. The molecule has 0 atom stereocenters. The van der Waals surface area contributed by atoms with Crippen LogP contribution in [0, 0.1) is 6.57 Å². The van der Waals surface area contributed by atoms with Crippen molar-refractivity contribution < 1.29 is 4.74 Å². The molecule has 0 N–H and O–H groups in total. The van der Waals surface area contributed by atoms with Gasteiger partial charge in [-0.3, -0.25) is 0 Å². The summed E-state index contributed by atoms with van der Waals surface area (Å²) in [5.74, 6) is 1.03. The van der Waals surface area contributed by atoms with E-state index in [1.165, 1.54) is 0 Å². The summed E-state index contributed by atoms with van der Waals surface area (Å²) in [6.07, 6.45) is 0. The van der Waals surface area contributed by atoms with Crippen molar-refractivity contribution in [3.8, 4) is 5.75 Å². The van der Waals surface area contributed by atoms with Crippen LogP contribution >= 0.6 is 0 Å². The largest absolute Gasteiger partial charge is 0.508 e. The average Bonchev–Trinajstić information content (AvgIpc) is 2.16. The van der Waals surface area contributed by atoms with Crippen LogP contribution in [0.5, 0.6) is 5.75 Å². The Kier molecular flexibility index (Phi) is 2.92. The fraction of sp³-hybridized carbons (Fsp3) is 0.364. The maximum Gasteiger partial charge on any atom is 0.231 e. The lowest BCUT2D eigenvalue weighted by molar-refractivity contribution is 0.417. The van der Waals surface area contributed by atoms with Crippen molar-refractivity contribution in [3.63, 3.8) is 0 Å². The summed E-state index contributed by atoms with van der Waals surface area (Å²) < 4.78 is 5.11. The highest BCUT2D eigenvalue weighted by atomic mass is 16.5. The molecule has 0 saturated heterocycles. The smallest absolute Gasteiger partial charge is 0.231 e. The lowest BCUT2D eigenvalue weighted by atomic mass is 10.0. The summed E-state index contributed by atoms with van der Waals surface area (Å²) in [7, 11) is 1.59. The number of benzene rings is 1. The van der Waals surface area contributed by atoms with E-state index in [9.17, 15) is 0 Å². The van der Waals surface area contributed by atoms with Crippen LogP contribution in [-0.2, 0) is 0 Å². The van der Waals surface area contributed by atoms with Crippen molar-refractivity contribution in [2.24, 2.45) is 0 Å². The van der Waals surface area contributed by atoms with Gasteiger partial charge in [0.2, 0.25) is 5.69 Å². The Labute approximate surface area is 79.0 Å². The highest BCUT2D eigenvalue weighted by molar-refractivity contribution is 5.63. The number of hydrogen-bond donors (Lipinski definition) is 0. The minimum Gasteiger partial charge on any atom is -0.508 e. The molecule has 0 saturated carbocycles. The van der Waals surface area contributed by atoms with Crippen molar-refractivity contribution in [3.05, 3.63) is 35.2 Å². The second-order valence-electron chi connectivity index (χ2n) is 3.16. The SMILES string of the molecule is [C-]#[N+]c1c(OC)cccc1C(C)C. The predicted molar refractivity (Wildman–Crippen MR) is 53.3 cm³/mol. The quantitative estimate of drug-likeness (QED) is 0.628. The first-order valence-corrected chi connectivity index (χ1v) is 4.25. The summed E-state index contributed by atoms with van der Waals surface area (Å²) in [6.45, 7) is 11.2. The third-order valence-corrected chi connectivity index (χ3v) is 1.98. The second-order valence-corrected chi connectivity index (χ2v) is 3.16. The van der Waals surface area contributed by atoms with E-state index in [-0.39, 0.29) is 0 Å². The second kappa shape index (κ2) is 3.95. The molecule has 1 aromatic rings. The van der Waals surface area contributed by atoms with Gasteiger partial charge in [-0.05, 0) is 17.5 Å². The molecule has 2 nitrogen and oxygen atoms in total. The Morgan fingerprint density at radius 3 is 2.54 bits per heavy atom. The van der Waals surface area contributed by atoms with Crippen molar-refractivity contribution in [2.45, 2.75) is 19.8 Å². The first kappa shape index (κ1) is 9.60. The van der Waals surface area contributed by atoms with E-state index in [0.29, 0.717) is 17.4 Å². The van der Waals surface area contributed by atoms with Crippen molar-refractivity contribution in [2.75, 3.05) is 7.11 Å². The molecule has 1 aromatic carbocycles. The van der Waals surface area contributed by atoms with Crippen LogP contribution in [0.2, 0.25) is 0 Å². The molecule has 1 rings (SSSR count). The van der Waals surface area contributed by atoms with E-state index in [2.05, 4.69) is 18.7 Å². The van der Waals surface area contributed by atoms with Crippen molar-refractivity contribution in [1.82, 2.24) is 0 Å². The fourth-order valence-electron chi connectivity index (χ4n) is 1.29. The number of rotatable bonds is 2. The van der Waals surface area contributed by atoms with E-state index in [0.717, 1.165) is 5.56 Å². The van der Waals surface area contributed by atoms with Gasteiger partial charge in [0.25, 0.3) is 0 Å². The van der Waals surface area contributed by atoms with Crippen LogP contribution in [0.15, 0.2) is 18.2 Å². The molecule has 13 heavy (non-hydrogen) atoms. The normalized spacial score (nSPS) is 9.77. The molecule has 0 unspecified atom stereocenters. The number of methoxy groups -OCH3 is 1. The number of nitrogens with zero attached hydrogens (tertiary/aromatic N) is 1. The van der Waals surface area contributed by atoms with Gasteiger partial charge in [-0.25, -0.2) is 4.85 Å². The molecule has 0 heterocycles. The molecule has 0 aliphatic carbocycles. The van der Waals surface area contributed by atoms with Crippen LogP contribution in [0.25, 0.3) is 4.85 Å². The van der Waals surface area contributed by atoms with Crippen molar-refractivity contribution >= 4 is 5.69 Å². The molecule has 0 aromatic heterocycles. The van der Waals surface area contributed by atoms with Gasteiger partial charge in [0.05, 0.1) is 13.7 Å². The van der Waals surface area contributed by atoms with Gasteiger partial charge >= 0.3 is 0 Å². The first-order chi connectivity index (χ1) is 6.20. The molecule has 0 bridgehead atoms. The summed E-state index contributed by atoms with van der Waals surface area (Å²) in [4.78, 5) is 3.49. The number of para-hydroxylation sites is 1. The lowest BCUT2D eigenvalue weighted by Gasteiger charge is -2.10. The first-order valence-electron chi connectivity index (χ1n) is 4.25. The van der Waals surface area contributed by atoms with Gasteiger partial charge < -0.3 is 4.74 Å². The molecule has 0 aliphatic rings. The summed E-state index contributed by atoms with van der Waals surface area (Å²) in [5.41, 5.74) is 1.69. The molecular formula is C11H13NO. The van der Waals surface area contributed by atoms with Gasteiger partial charge in [-0.15, -0.1) is 0 Å². The van der Waals surface area contributed by atoms with Crippen LogP contribution < -0.4 is 4.74 Å². The summed E-state index contributed by atoms with van der Waals surface area (Å²) in [6, 6.07) is 5.71. The Morgan fingerprint density at radius 1 is 1.38 bits per heavy atom. The maximum atomic E-state index is 7.07. The minimum absolute atomic E-state index is 0.360. The predicted octanol–water partition coefficient (Wildman–Crippen LogP) is 3.37. The molecular weight excluding hydrogens is 162 g/mol. The molecule has 0 radical (unpaired) electrons. The fourth-order valence-corrected chi connectivity index (χ4v) is 1.29. The summed E-state index contributed by atoms with van der Waals surface area (Å²) >= 11 is 0. The molecule has 0 fully saturated rings. The highest BCUT2D eigenvalue weighted by Crippen LogP contribution is 2.35. The Morgan fingerprint density at radius 2 is 2.08 bits per heavy atom. The van der Waals surface area contributed by atoms with Crippen molar-refractivity contribution in [1.29, 1.82) is 0 Å². The third-order valence-electron chi connectivity index (χ3n) is 1.98. The van der Waals surface area contributed by atoms with Crippen LogP contribution in [0.4, 0.5) is 5.69 Å². The van der Waals surface area contributed by atoms with Crippen LogP contribution in [-0.4, -0.2) is 7.11 Å². The van der Waals surface area contributed by atoms with Gasteiger partial charge in [0.15, 0.2) is 0 Å². The van der Waals surface area contributed by atoms with E-state index in [4.69, 9.17) is 11.3 Å². The van der Waals surface area contributed by atoms with Crippen LogP contribution in [0.1, 0.15) is 25.3 Å². The lowest BCUT2D eigenvalue weighted by Crippen LogP contribution is -1.90. The molecule has 68 valence electrons. The average molecular weight is 175 g/mol. The van der Waals surface area contributed by atoms with Gasteiger partial charge in [-0.2, -0.15) is 0 Å². The summed E-state index contributed by atoms with van der Waals surface area (Å²) in [5, 5.41) is 0. The topological polar surface area (TPSA) is 13.6 Å². The zero-order valence-electron chi connectivity index (χ0n) is 8.16. The zero-order valence-corrected chi connectivity index (χ0v) is 8.16. The van der Waals surface area contributed by atoms with E-state index >= 15 is 0 Å².